The molecule has 0 unspecified atom stereocenters. The number of aromatic nitrogens is 3. The third-order valence-corrected chi connectivity index (χ3v) is 5.18. The summed E-state index contributed by atoms with van der Waals surface area (Å²) in [5.41, 5.74) is 1.33. The van der Waals surface area contributed by atoms with Crippen LogP contribution in [0.2, 0.25) is 0 Å². The fourth-order valence-electron chi connectivity index (χ4n) is 3.70. The lowest BCUT2D eigenvalue weighted by atomic mass is 9.90. The first kappa shape index (κ1) is 17.4. The van der Waals surface area contributed by atoms with Crippen molar-refractivity contribution in [1.29, 1.82) is 0 Å². The molecule has 1 aliphatic heterocycles. The Morgan fingerprint density at radius 2 is 2.04 bits per heavy atom. The maximum absolute atomic E-state index is 13.9. The minimum atomic E-state index is -1.18. The maximum Gasteiger partial charge on any atom is 0.137 e. The van der Waals surface area contributed by atoms with Gasteiger partial charge < -0.3 is 10.0 Å². The second-order valence-electron chi connectivity index (χ2n) is 6.82. The summed E-state index contributed by atoms with van der Waals surface area (Å²) in [6.07, 6.45) is 7.07. The van der Waals surface area contributed by atoms with E-state index in [9.17, 15) is 9.50 Å². The highest BCUT2D eigenvalue weighted by molar-refractivity contribution is 5.64. The number of benzene rings is 2. The minimum Gasteiger partial charge on any atom is -0.381 e. The Kier molecular flexibility index (Phi) is 4.49. The second kappa shape index (κ2) is 6.96. The number of hydrogen-bond acceptors (Lipinski definition) is 4. The Morgan fingerprint density at radius 1 is 1.22 bits per heavy atom. The standard InChI is InChI=1S/C21H21FN4O/c1-16-21(27,13-25-15-23-14-24-25)19-10-9-18(22)12-20(19)26(16)11-5-8-17-6-3-2-4-7-17/h2-10,12,14-16,27H,11,13H2,1H3/b8-5+/t16-,21-/m1/s1. The molecule has 4 rings (SSSR count). The molecule has 3 aromatic rings. The van der Waals surface area contributed by atoms with Gasteiger partial charge in [0.25, 0.3) is 0 Å². The minimum absolute atomic E-state index is 0.251. The fraction of sp³-hybridized carbons (Fsp3) is 0.238. The van der Waals surface area contributed by atoms with Crippen molar-refractivity contribution in [3.05, 3.63) is 84.2 Å². The van der Waals surface area contributed by atoms with Gasteiger partial charge >= 0.3 is 0 Å². The third-order valence-electron chi connectivity index (χ3n) is 5.18. The summed E-state index contributed by atoms with van der Waals surface area (Å²) in [5, 5.41) is 15.6. The molecule has 0 fully saturated rings. The van der Waals surface area contributed by atoms with Gasteiger partial charge in [0.15, 0.2) is 0 Å². The van der Waals surface area contributed by atoms with Crippen LogP contribution in [0.15, 0.2) is 67.3 Å². The largest absolute Gasteiger partial charge is 0.381 e. The van der Waals surface area contributed by atoms with Crippen molar-refractivity contribution in [3.63, 3.8) is 0 Å². The van der Waals surface area contributed by atoms with Crippen molar-refractivity contribution in [2.24, 2.45) is 0 Å². The average molecular weight is 364 g/mol. The number of hydrogen-bond donors (Lipinski definition) is 1. The van der Waals surface area contributed by atoms with Gasteiger partial charge in [0.1, 0.15) is 24.1 Å². The van der Waals surface area contributed by atoms with Crippen LogP contribution < -0.4 is 4.90 Å². The summed E-state index contributed by atoms with van der Waals surface area (Å²) in [4.78, 5) is 5.97. The van der Waals surface area contributed by atoms with E-state index in [4.69, 9.17) is 0 Å². The monoisotopic (exact) mass is 364 g/mol. The van der Waals surface area contributed by atoms with E-state index in [2.05, 4.69) is 10.1 Å². The number of rotatable bonds is 5. The van der Waals surface area contributed by atoms with Gasteiger partial charge in [-0.15, -0.1) is 0 Å². The summed E-state index contributed by atoms with van der Waals surface area (Å²) in [5.74, 6) is -0.317. The molecule has 1 N–H and O–H groups in total. The van der Waals surface area contributed by atoms with Crippen LogP contribution in [0.25, 0.3) is 6.08 Å². The quantitative estimate of drug-likeness (QED) is 0.755. The molecule has 1 aliphatic rings. The van der Waals surface area contributed by atoms with Crippen LogP contribution in [-0.2, 0) is 12.1 Å². The second-order valence-corrected chi connectivity index (χ2v) is 6.82. The van der Waals surface area contributed by atoms with E-state index in [1.807, 2.05) is 54.3 Å². The molecule has 0 bridgehead atoms. The van der Waals surface area contributed by atoms with Crippen LogP contribution in [0, 0.1) is 5.82 Å². The van der Waals surface area contributed by atoms with Crippen LogP contribution in [0.1, 0.15) is 18.1 Å². The SMILES string of the molecule is C[C@H]1N(C/C=C/c2ccccc2)c2cc(F)ccc2[C@@]1(O)Cn1cncn1. The van der Waals surface area contributed by atoms with E-state index in [1.165, 1.54) is 18.5 Å². The predicted octanol–water partition coefficient (Wildman–Crippen LogP) is 3.23. The third kappa shape index (κ3) is 3.24. The van der Waals surface area contributed by atoms with E-state index < -0.39 is 5.60 Å². The van der Waals surface area contributed by atoms with Crippen LogP contribution in [0.5, 0.6) is 0 Å². The topological polar surface area (TPSA) is 54.2 Å². The molecule has 5 nitrogen and oxygen atoms in total. The van der Waals surface area contributed by atoms with Gasteiger partial charge in [-0.2, -0.15) is 5.10 Å². The van der Waals surface area contributed by atoms with E-state index in [0.717, 1.165) is 5.56 Å². The molecule has 1 aromatic heterocycles. The molecule has 138 valence electrons. The lowest BCUT2D eigenvalue weighted by Crippen LogP contribution is -2.45. The number of aliphatic hydroxyl groups is 1. The highest BCUT2D eigenvalue weighted by atomic mass is 19.1. The van der Waals surface area contributed by atoms with Crippen molar-refractivity contribution in [1.82, 2.24) is 14.8 Å². The molecular weight excluding hydrogens is 343 g/mol. The lowest BCUT2D eigenvalue weighted by Gasteiger charge is -2.32. The lowest BCUT2D eigenvalue weighted by molar-refractivity contribution is 0.00310. The smallest absolute Gasteiger partial charge is 0.137 e. The Morgan fingerprint density at radius 3 is 2.78 bits per heavy atom. The van der Waals surface area contributed by atoms with Crippen molar-refractivity contribution in [2.45, 2.75) is 25.1 Å². The Hall–Kier alpha value is -2.99. The van der Waals surface area contributed by atoms with Gasteiger partial charge in [-0.05, 0) is 24.6 Å². The molecule has 0 saturated heterocycles. The van der Waals surface area contributed by atoms with E-state index in [-0.39, 0.29) is 18.4 Å². The number of halogens is 1. The summed E-state index contributed by atoms with van der Waals surface area (Å²) in [7, 11) is 0. The zero-order chi connectivity index (χ0) is 18.9. The Labute approximate surface area is 157 Å². The number of fused-ring (bicyclic) bond motifs is 1. The Bertz CT molecular complexity index is 942. The van der Waals surface area contributed by atoms with E-state index >= 15 is 0 Å². The first-order valence-corrected chi connectivity index (χ1v) is 8.91. The van der Waals surface area contributed by atoms with Crippen molar-refractivity contribution < 1.29 is 9.50 Å². The van der Waals surface area contributed by atoms with Gasteiger partial charge in [-0.25, -0.2) is 14.1 Å². The molecule has 2 atom stereocenters. The van der Waals surface area contributed by atoms with Gasteiger partial charge in [0, 0.05) is 17.8 Å². The van der Waals surface area contributed by atoms with E-state index in [1.54, 1.807) is 17.1 Å². The predicted molar refractivity (Wildman–Crippen MR) is 103 cm³/mol. The van der Waals surface area contributed by atoms with Crippen LogP contribution in [0.4, 0.5) is 10.1 Å². The van der Waals surface area contributed by atoms with Gasteiger partial charge in [0.2, 0.25) is 0 Å². The maximum atomic E-state index is 13.9. The molecule has 0 radical (unpaired) electrons. The van der Waals surface area contributed by atoms with Gasteiger partial charge in [0.05, 0.1) is 12.6 Å². The fourth-order valence-corrected chi connectivity index (χ4v) is 3.70. The van der Waals surface area contributed by atoms with Crippen molar-refractivity contribution in [2.75, 3.05) is 11.4 Å². The number of anilines is 1. The highest BCUT2D eigenvalue weighted by Crippen LogP contribution is 2.45. The van der Waals surface area contributed by atoms with Crippen molar-refractivity contribution >= 4 is 11.8 Å². The summed E-state index contributed by atoms with van der Waals surface area (Å²) < 4.78 is 15.5. The first-order chi connectivity index (χ1) is 13.1. The molecule has 2 heterocycles. The normalized spacial score (nSPS) is 21.7. The molecule has 2 aromatic carbocycles. The average Bonchev–Trinajstić information content (AvgIpc) is 3.24. The molecule has 6 heteroatoms. The molecular formula is C21H21FN4O. The van der Waals surface area contributed by atoms with E-state index in [0.29, 0.717) is 17.8 Å². The van der Waals surface area contributed by atoms with Crippen LogP contribution in [0.3, 0.4) is 0 Å². The van der Waals surface area contributed by atoms with Crippen molar-refractivity contribution in [3.8, 4) is 0 Å². The molecule has 27 heavy (non-hydrogen) atoms. The summed E-state index contributed by atoms with van der Waals surface area (Å²) >= 11 is 0. The summed E-state index contributed by atoms with van der Waals surface area (Å²) in [6, 6.07) is 14.3. The highest BCUT2D eigenvalue weighted by Gasteiger charge is 2.47. The van der Waals surface area contributed by atoms with Crippen LogP contribution >= 0.6 is 0 Å². The molecule has 0 spiro atoms. The zero-order valence-electron chi connectivity index (χ0n) is 15.0. The van der Waals surface area contributed by atoms with Gasteiger partial charge in [-0.1, -0.05) is 48.6 Å². The van der Waals surface area contributed by atoms with Gasteiger partial charge in [-0.3, -0.25) is 0 Å². The molecule has 0 aliphatic carbocycles. The van der Waals surface area contributed by atoms with Crippen LogP contribution in [-0.4, -0.2) is 32.5 Å². The number of nitrogens with zero attached hydrogens (tertiary/aromatic N) is 4. The Balaban J connectivity index is 1.64. The zero-order valence-corrected chi connectivity index (χ0v) is 15.0. The molecule has 0 amide bonds. The summed E-state index contributed by atoms with van der Waals surface area (Å²) in [6.45, 7) is 2.77. The molecule has 0 saturated carbocycles. The first-order valence-electron chi connectivity index (χ1n) is 8.91.